The van der Waals surface area contributed by atoms with Gasteiger partial charge in [-0.05, 0) is 44.7 Å². The van der Waals surface area contributed by atoms with E-state index in [9.17, 15) is 9.90 Å². The summed E-state index contributed by atoms with van der Waals surface area (Å²) in [5.41, 5.74) is 8.44. The third-order valence-electron chi connectivity index (χ3n) is 6.17. The van der Waals surface area contributed by atoms with E-state index in [2.05, 4.69) is 15.1 Å². The van der Waals surface area contributed by atoms with Gasteiger partial charge in [0.25, 0.3) is 5.56 Å². The molecule has 4 aromatic rings. The molecule has 8 nitrogen and oxygen atoms in total. The molecule has 1 aromatic carbocycles. The monoisotopic (exact) mass is 404 g/mol. The number of nitrogens with zero attached hydrogens (tertiary/aromatic N) is 5. The molecule has 5 rings (SSSR count). The quantitative estimate of drug-likeness (QED) is 0.531. The lowest BCUT2D eigenvalue weighted by atomic mass is 9.91. The summed E-state index contributed by atoms with van der Waals surface area (Å²) in [5, 5.41) is 16.5. The molecule has 0 spiro atoms. The van der Waals surface area contributed by atoms with Crippen molar-refractivity contribution in [3.63, 3.8) is 0 Å². The molecule has 0 radical (unpaired) electrons. The highest BCUT2D eigenvalue weighted by atomic mass is 16.3. The molecule has 0 saturated heterocycles. The first-order valence-electron chi connectivity index (χ1n) is 10.2. The summed E-state index contributed by atoms with van der Waals surface area (Å²) >= 11 is 0. The summed E-state index contributed by atoms with van der Waals surface area (Å²) in [6, 6.07) is 4.08. The fourth-order valence-corrected chi connectivity index (χ4v) is 4.45. The Labute approximate surface area is 173 Å². The molecule has 154 valence electrons. The second-order valence-electron chi connectivity index (χ2n) is 8.23. The fraction of sp³-hybridized carbons (Fsp3) is 0.364. The van der Waals surface area contributed by atoms with E-state index < -0.39 is 0 Å². The van der Waals surface area contributed by atoms with E-state index in [4.69, 9.17) is 5.73 Å². The average Bonchev–Trinajstić information content (AvgIpc) is 3.12. The van der Waals surface area contributed by atoms with Crippen LogP contribution in [0, 0.1) is 6.92 Å². The number of hydrogen-bond acceptors (Lipinski definition) is 6. The summed E-state index contributed by atoms with van der Waals surface area (Å²) in [4.78, 5) is 22.1. The number of benzene rings is 1. The number of phenolic OH excluding ortho intramolecular Hbond substituents is 1. The Morgan fingerprint density at radius 1 is 1.23 bits per heavy atom. The lowest BCUT2D eigenvalue weighted by molar-refractivity contribution is 0.319. The van der Waals surface area contributed by atoms with Crippen molar-refractivity contribution in [1.29, 1.82) is 0 Å². The molecule has 3 N–H and O–H groups in total. The van der Waals surface area contributed by atoms with Gasteiger partial charge in [-0.1, -0.05) is 0 Å². The largest absolute Gasteiger partial charge is 0.507 e. The Morgan fingerprint density at radius 2 is 2.00 bits per heavy atom. The van der Waals surface area contributed by atoms with Crippen molar-refractivity contribution in [2.75, 3.05) is 0 Å². The summed E-state index contributed by atoms with van der Waals surface area (Å²) in [5.74, 6) is 0.488. The van der Waals surface area contributed by atoms with E-state index in [-0.39, 0.29) is 23.4 Å². The van der Waals surface area contributed by atoms with Gasteiger partial charge in [0, 0.05) is 48.7 Å². The van der Waals surface area contributed by atoms with Gasteiger partial charge >= 0.3 is 0 Å². The maximum absolute atomic E-state index is 13.0. The van der Waals surface area contributed by atoms with E-state index in [1.165, 1.54) is 0 Å². The predicted molar refractivity (Wildman–Crippen MR) is 115 cm³/mol. The number of nitrogens with two attached hydrogens (primary N) is 1. The van der Waals surface area contributed by atoms with Crippen LogP contribution in [0.5, 0.6) is 5.75 Å². The maximum Gasteiger partial charge on any atom is 0.261 e. The van der Waals surface area contributed by atoms with Gasteiger partial charge in [-0.15, -0.1) is 0 Å². The molecular formula is C22H24N6O2. The highest BCUT2D eigenvalue weighted by Crippen LogP contribution is 2.35. The topological polar surface area (TPSA) is 112 Å². The van der Waals surface area contributed by atoms with Gasteiger partial charge in [-0.2, -0.15) is 5.10 Å². The van der Waals surface area contributed by atoms with E-state index in [1.54, 1.807) is 15.4 Å². The maximum atomic E-state index is 13.0. The van der Waals surface area contributed by atoms with Crippen molar-refractivity contribution in [3.8, 4) is 17.1 Å². The molecule has 0 bridgehead atoms. The lowest BCUT2D eigenvalue weighted by Gasteiger charge is -2.27. The van der Waals surface area contributed by atoms with Crippen LogP contribution in [0.15, 0.2) is 35.5 Å². The molecule has 0 aliphatic heterocycles. The Balaban J connectivity index is 1.59. The minimum Gasteiger partial charge on any atom is -0.507 e. The zero-order valence-corrected chi connectivity index (χ0v) is 17.0. The van der Waals surface area contributed by atoms with Crippen molar-refractivity contribution < 1.29 is 5.11 Å². The molecule has 1 saturated carbocycles. The van der Waals surface area contributed by atoms with Gasteiger partial charge in [-0.3, -0.25) is 9.48 Å². The van der Waals surface area contributed by atoms with Crippen LogP contribution in [0.3, 0.4) is 0 Å². The smallest absolute Gasteiger partial charge is 0.261 e. The molecule has 1 fully saturated rings. The number of phenols is 1. The van der Waals surface area contributed by atoms with Crippen molar-refractivity contribution >= 4 is 21.8 Å². The van der Waals surface area contributed by atoms with Gasteiger partial charge in [-0.25, -0.2) is 9.97 Å². The standard InChI is InChI=1S/C22H24N6O2/c1-12-19-13(11-27(2)26-19)9-16(20(12)29)21-24-10-17-18(25-21)7-8-28(22(17)30)15-5-3-14(23)4-6-15/h7-11,14-15,29H,3-6,23H2,1-2H3/t14-,15-. The summed E-state index contributed by atoms with van der Waals surface area (Å²) < 4.78 is 3.50. The Bertz CT molecular complexity index is 1330. The Kier molecular flexibility index (Phi) is 4.32. The van der Waals surface area contributed by atoms with Gasteiger partial charge in [0.05, 0.1) is 22.0 Å². The molecular weight excluding hydrogens is 380 g/mol. The number of aromatic nitrogens is 5. The van der Waals surface area contributed by atoms with Gasteiger partial charge in [0.1, 0.15) is 5.75 Å². The first-order valence-corrected chi connectivity index (χ1v) is 10.2. The van der Waals surface area contributed by atoms with Crippen LogP contribution in [-0.2, 0) is 7.05 Å². The van der Waals surface area contributed by atoms with Crippen molar-refractivity contribution in [2.45, 2.75) is 44.7 Å². The minimum absolute atomic E-state index is 0.0809. The molecule has 3 heterocycles. The van der Waals surface area contributed by atoms with Crippen LogP contribution < -0.4 is 11.3 Å². The van der Waals surface area contributed by atoms with Crippen molar-refractivity contribution in [1.82, 2.24) is 24.3 Å². The molecule has 8 heteroatoms. The third kappa shape index (κ3) is 2.95. The molecule has 3 aromatic heterocycles. The summed E-state index contributed by atoms with van der Waals surface area (Å²) in [6.45, 7) is 1.82. The molecule has 1 aliphatic carbocycles. The van der Waals surface area contributed by atoms with Crippen LogP contribution in [0.4, 0.5) is 0 Å². The molecule has 0 unspecified atom stereocenters. The van der Waals surface area contributed by atoms with Crippen LogP contribution >= 0.6 is 0 Å². The first kappa shape index (κ1) is 18.7. The number of aromatic hydroxyl groups is 1. The normalized spacial score (nSPS) is 19.6. The number of aryl methyl sites for hydroxylation is 2. The second-order valence-corrected chi connectivity index (χ2v) is 8.23. The lowest BCUT2D eigenvalue weighted by Crippen LogP contribution is -2.32. The van der Waals surface area contributed by atoms with Gasteiger partial charge < -0.3 is 15.4 Å². The van der Waals surface area contributed by atoms with Crippen LogP contribution in [0.1, 0.15) is 37.3 Å². The zero-order chi connectivity index (χ0) is 21.0. The SMILES string of the molecule is Cc1c(O)c(-c2ncc3c(=O)n([C@H]4CC[C@H](N)CC4)ccc3n2)cc2cn(C)nc12. The Morgan fingerprint density at radius 3 is 2.77 bits per heavy atom. The highest BCUT2D eigenvalue weighted by Gasteiger charge is 2.22. The summed E-state index contributed by atoms with van der Waals surface area (Å²) in [7, 11) is 1.84. The number of hydrogen-bond donors (Lipinski definition) is 2. The molecule has 1 aliphatic rings. The average molecular weight is 404 g/mol. The van der Waals surface area contributed by atoms with Crippen molar-refractivity contribution in [3.05, 3.63) is 46.6 Å². The number of fused-ring (bicyclic) bond motifs is 2. The van der Waals surface area contributed by atoms with E-state index in [0.717, 1.165) is 36.6 Å². The minimum atomic E-state index is -0.0809. The number of pyridine rings is 1. The highest BCUT2D eigenvalue weighted by molar-refractivity contribution is 5.90. The fourth-order valence-electron chi connectivity index (χ4n) is 4.45. The number of rotatable bonds is 2. The van der Waals surface area contributed by atoms with Crippen LogP contribution in [-0.4, -0.2) is 35.5 Å². The first-order chi connectivity index (χ1) is 14.4. The van der Waals surface area contributed by atoms with Gasteiger partial charge in [0.15, 0.2) is 5.82 Å². The van der Waals surface area contributed by atoms with Gasteiger partial charge in [0.2, 0.25) is 0 Å². The van der Waals surface area contributed by atoms with Crippen molar-refractivity contribution in [2.24, 2.45) is 12.8 Å². The molecule has 30 heavy (non-hydrogen) atoms. The van der Waals surface area contributed by atoms with Crippen LogP contribution in [0.2, 0.25) is 0 Å². The Hall–Kier alpha value is -3.26. The van der Waals surface area contributed by atoms with E-state index >= 15 is 0 Å². The second kappa shape index (κ2) is 6.91. The summed E-state index contributed by atoms with van der Waals surface area (Å²) in [6.07, 6.45) is 8.94. The molecule has 0 amide bonds. The predicted octanol–water partition coefficient (Wildman–Crippen LogP) is 2.80. The van der Waals surface area contributed by atoms with Crippen LogP contribution in [0.25, 0.3) is 33.2 Å². The zero-order valence-electron chi connectivity index (χ0n) is 17.0. The van der Waals surface area contributed by atoms with E-state index in [1.807, 2.05) is 38.5 Å². The molecule has 0 atom stereocenters. The van der Waals surface area contributed by atoms with E-state index in [0.29, 0.717) is 27.9 Å². The third-order valence-corrected chi connectivity index (χ3v) is 6.17.